The maximum atomic E-state index is 14.0. The molecule has 2 aromatic rings. The van der Waals surface area contributed by atoms with Crippen molar-refractivity contribution in [3.05, 3.63) is 48.2 Å². The number of nitrogens with zero attached hydrogens (tertiary/aromatic N) is 2. The zero-order valence-electron chi connectivity index (χ0n) is 9.10. The Morgan fingerprint density at radius 2 is 1.94 bits per heavy atom. The van der Waals surface area contributed by atoms with Crippen molar-refractivity contribution in [2.24, 2.45) is 0 Å². The van der Waals surface area contributed by atoms with Crippen molar-refractivity contribution in [1.82, 2.24) is 9.97 Å². The van der Waals surface area contributed by atoms with Crippen LogP contribution in [0.15, 0.2) is 46.6 Å². The Bertz CT molecular complexity index is 505. The van der Waals surface area contributed by atoms with Crippen LogP contribution in [0.4, 0.5) is 4.39 Å². The molecule has 0 saturated heterocycles. The molecule has 2 nitrogen and oxygen atoms in total. The predicted octanol–water partition coefficient (Wildman–Crippen LogP) is 4.22. The highest BCUT2D eigenvalue weighted by molar-refractivity contribution is 9.09. The summed E-state index contributed by atoms with van der Waals surface area (Å²) in [5, 5.41) is 0.354. The topological polar surface area (TPSA) is 25.8 Å². The van der Waals surface area contributed by atoms with Gasteiger partial charge >= 0.3 is 0 Å². The highest BCUT2D eigenvalue weighted by atomic mass is 79.9. The van der Waals surface area contributed by atoms with E-state index in [4.69, 9.17) is 0 Å². The third-order valence-electron chi connectivity index (χ3n) is 2.12. The second-order valence-electron chi connectivity index (χ2n) is 3.41. The minimum atomic E-state index is -0.356. The zero-order chi connectivity index (χ0) is 12.3. The van der Waals surface area contributed by atoms with Crippen molar-refractivity contribution < 1.29 is 4.39 Å². The number of alkyl halides is 1. The number of rotatable bonds is 3. The van der Waals surface area contributed by atoms with Gasteiger partial charge in [0.1, 0.15) is 11.4 Å². The molecule has 0 aliphatic heterocycles. The lowest BCUT2D eigenvalue weighted by molar-refractivity contribution is 0.559. The largest absolute Gasteiger partial charge is 0.237 e. The standard InChI is InChI=1S/C12H10BrFN2S/c1-8(13)11-10(14)12(16-7-15-11)17-9-5-3-2-4-6-9/h2-8H,1H3. The molecule has 17 heavy (non-hydrogen) atoms. The normalized spacial score (nSPS) is 12.4. The number of benzene rings is 1. The summed E-state index contributed by atoms with van der Waals surface area (Å²) in [6.45, 7) is 1.84. The van der Waals surface area contributed by atoms with Crippen molar-refractivity contribution in [2.75, 3.05) is 0 Å². The van der Waals surface area contributed by atoms with Crippen LogP contribution in [0.3, 0.4) is 0 Å². The highest BCUT2D eigenvalue weighted by Crippen LogP contribution is 2.31. The smallest absolute Gasteiger partial charge is 0.178 e. The minimum Gasteiger partial charge on any atom is -0.237 e. The maximum absolute atomic E-state index is 14.0. The molecule has 0 spiro atoms. The van der Waals surface area contributed by atoms with Crippen LogP contribution in [0, 0.1) is 5.82 Å². The molecular weight excluding hydrogens is 303 g/mol. The van der Waals surface area contributed by atoms with Gasteiger partial charge in [-0.05, 0) is 19.1 Å². The minimum absolute atomic E-state index is 0.124. The van der Waals surface area contributed by atoms with E-state index in [-0.39, 0.29) is 10.6 Å². The summed E-state index contributed by atoms with van der Waals surface area (Å²) in [6, 6.07) is 9.59. The Labute approximate surface area is 112 Å². The molecule has 0 saturated carbocycles. The van der Waals surface area contributed by atoms with E-state index in [0.29, 0.717) is 10.7 Å². The maximum Gasteiger partial charge on any atom is 0.178 e. The third-order valence-corrected chi connectivity index (χ3v) is 3.54. The van der Waals surface area contributed by atoms with Crippen LogP contribution in [0.2, 0.25) is 0 Å². The van der Waals surface area contributed by atoms with Crippen LogP contribution >= 0.6 is 27.7 Å². The van der Waals surface area contributed by atoms with E-state index in [9.17, 15) is 4.39 Å². The van der Waals surface area contributed by atoms with E-state index in [1.54, 1.807) is 0 Å². The molecule has 1 aromatic heterocycles. The molecule has 0 aliphatic rings. The monoisotopic (exact) mass is 312 g/mol. The summed E-state index contributed by atoms with van der Waals surface area (Å²) >= 11 is 4.61. The van der Waals surface area contributed by atoms with E-state index in [2.05, 4.69) is 25.9 Å². The van der Waals surface area contributed by atoms with Gasteiger partial charge in [-0.2, -0.15) is 0 Å². The summed E-state index contributed by atoms with van der Waals surface area (Å²) in [4.78, 5) is 8.74. The van der Waals surface area contributed by atoms with E-state index >= 15 is 0 Å². The molecule has 1 atom stereocenters. The van der Waals surface area contributed by atoms with Gasteiger partial charge in [0.2, 0.25) is 0 Å². The van der Waals surface area contributed by atoms with Gasteiger partial charge in [-0.25, -0.2) is 14.4 Å². The van der Waals surface area contributed by atoms with Gasteiger partial charge in [0.25, 0.3) is 0 Å². The molecule has 2 rings (SSSR count). The molecule has 0 aliphatic carbocycles. The molecular formula is C12H10BrFN2S. The highest BCUT2D eigenvalue weighted by Gasteiger charge is 2.15. The average molecular weight is 313 g/mol. The van der Waals surface area contributed by atoms with Gasteiger partial charge in [-0.15, -0.1) is 0 Å². The lowest BCUT2D eigenvalue weighted by atomic mass is 10.3. The SMILES string of the molecule is CC(Br)c1ncnc(Sc2ccccc2)c1F. The van der Waals surface area contributed by atoms with Gasteiger partial charge < -0.3 is 0 Å². The zero-order valence-corrected chi connectivity index (χ0v) is 11.5. The number of hydrogen-bond donors (Lipinski definition) is 0. The molecule has 0 fully saturated rings. The first-order valence-electron chi connectivity index (χ1n) is 5.06. The van der Waals surface area contributed by atoms with Gasteiger partial charge in [-0.1, -0.05) is 45.9 Å². The average Bonchev–Trinajstić information content (AvgIpc) is 2.33. The van der Waals surface area contributed by atoms with Crippen molar-refractivity contribution in [3.8, 4) is 0 Å². The first-order valence-corrected chi connectivity index (χ1v) is 6.79. The molecule has 1 aromatic carbocycles. The van der Waals surface area contributed by atoms with Gasteiger partial charge in [-0.3, -0.25) is 0 Å². The van der Waals surface area contributed by atoms with Crippen molar-refractivity contribution in [3.63, 3.8) is 0 Å². The summed E-state index contributed by atoms with van der Waals surface area (Å²) < 4.78 is 14.0. The number of halogens is 2. The summed E-state index contributed by atoms with van der Waals surface area (Å²) in [5.41, 5.74) is 0.387. The van der Waals surface area contributed by atoms with E-state index in [1.165, 1.54) is 18.1 Å². The molecule has 1 heterocycles. The van der Waals surface area contributed by atoms with Crippen molar-refractivity contribution in [1.29, 1.82) is 0 Å². The van der Waals surface area contributed by atoms with Gasteiger partial charge in [0, 0.05) is 4.90 Å². The lowest BCUT2D eigenvalue weighted by Gasteiger charge is -2.07. The van der Waals surface area contributed by atoms with Crippen LogP contribution in [0.25, 0.3) is 0 Å². The molecule has 5 heteroatoms. The van der Waals surface area contributed by atoms with Crippen LogP contribution < -0.4 is 0 Å². The summed E-state index contributed by atoms with van der Waals surface area (Å²) in [7, 11) is 0. The second-order valence-corrected chi connectivity index (χ2v) is 5.84. The Balaban J connectivity index is 2.31. The van der Waals surface area contributed by atoms with Gasteiger partial charge in [0.15, 0.2) is 5.82 Å². The second kappa shape index (κ2) is 5.60. The van der Waals surface area contributed by atoms with Crippen LogP contribution in [-0.2, 0) is 0 Å². The summed E-state index contributed by atoms with van der Waals surface area (Å²) in [5.74, 6) is -0.356. The number of aromatic nitrogens is 2. The Morgan fingerprint density at radius 1 is 1.24 bits per heavy atom. The van der Waals surface area contributed by atoms with E-state index in [1.807, 2.05) is 37.3 Å². The Hall–Kier alpha value is -0.940. The fourth-order valence-corrected chi connectivity index (χ4v) is 2.44. The molecule has 0 radical (unpaired) electrons. The quantitative estimate of drug-likeness (QED) is 0.627. The number of hydrogen-bond acceptors (Lipinski definition) is 3. The molecule has 1 unspecified atom stereocenters. The van der Waals surface area contributed by atoms with Crippen LogP contribution in [0.1, 0.15) is 17.4 Å². The molecule has 88 valence electrons. The molecule has 0 amide bonds. The van der Waals surface area contributed by atoms with E-state index in [0.717, 1.165) is 4.90 Å². The molecule has 0 bridgehead atoms. The van der Waals surface area contributed by atoms with Crippen LogP contribution in [-0.4, -0.2) is 9.97 Å². The van der Waals surface area contributed by atoms with Gasteiger partial charge in [0.05, 0.1) is 10.5 Å². The predicted molar refractivity (Wildman–Crippen MR) is 69.9 cm³/mol. The first kappa shape index (κ1) is 12.5. The van der Waals surface area contributed by atoms with Crippen LogP contribution in [0.5, 0.6) is 0 Å². The van der Waals surface area contributed by atoms with Crippen molar-refractivity contribution >= 4 is 27.7 Å². The lowest BCUT2D eigenvalue weighted by Crippen LogP contribution is -1.99. The third kappa shape index (κ3) is 3.04. The Kier molecular flexibility index (Phi) is 4.12. The Morgan fingerprint density at radius 3 is 2.59 bits per heavy atom. The first-order chi connectivity index (χ1) is 8.18. The fourth-order valence-electron chi connectivity index (χ4n) is 1.32. The fraction of sp³-hybridized carbons (Fsp3) is 0.167. The van der Waals surface area contributed by atoms with E-state index < -0.39 is 0 Å². The van der Waals surface area contributed by atoms with Crippen molar-refractivity contribution in [2.45, 2.75) is 21.7 Å². The summed E-state index contributed by atoms with van der Waals surface area (Å²) in [6.07, 6.45) is 1.39. The molecule has 0 N–H and O–H groups in total.